The SMILES string of the molecule is C=C(Cc1ccc(OC)cc1OC)N1CCN(c2ccc(Br)c(OC)c2)CC1. The van der Waals surface area contributed by atoms with Crippen LogP contribution in [0.4, 0.5) is 5.69 Å². The molecule has 0 aliphatic carbocycles. The maximum atomic E-state index is 5.52. The molecule has 0 unspecified atom stereocenters. The quantitative estimate of drug-likeness (QED) is 0.631. The molecule has 1 aliphatic heterocycles. The van der Waals surface area contributed by atoms with E-state index in [0.717, 1.165) is 65.6 Å². The highest BCUT2D eigenvalue weighted by molar-refractivity contribution is 9.10. The summed E-state index contributed by atoms with van der Waals surface area (Å²) in [5.74, 6) is 2.49. The van der Waals surface area contributed by atoms with Gasteiger partial charge in [-0.3, -0.25) is 0 Å². The van der Waals surface area contributed by atoms with Crippen molar-refractivity contribution in [2.45, 2.75) is 6.42 Å². The van der Waals surface area contributed by atoms with Crippen LogP contribution in [-0.4, -0.2) is 52.4 Å². The van der Waals surface area contributed by atoms with Crippen LogP contribution < -0.4 is 19.1 Å². The number of nitrogens with zero attached hydrogens (tertiary/aromatic N) is 2. The molecule has 6 heteroatoms. The molecule has 1 fully saturated rings. The Hall–Kier alpha value is -2.34. The number of hydrogen-bond acceptors (Lipinski definition) is 5. The first kappa shape index (κ1) is 20.4. The van der Waals surface area contributed by atoms with Gasteiger partial charge in [-0.1, -0.05) is 12.6 Å². The van der Waals surface area contributed by atoms with Gasteiger partial charge in [0.25, 0.3) is 0 Å². The lowest BCUT2D eigenvalue weighted by atomic mass is 10.1. The molecule has 0 bridgehead atoms. The smallest absolute Gasteiger partial charge is 0.135 e. The van der Waals surface area contributed by atoms with E-state index in [1.807, 2.05) is 24.3 Å². The van der Waals surface area contributed by atoms with Crippen molar-refractivity contribution in [2.24, 2.45) is 0 Å². The van der Waals surface area contributed by atoms with Gasteiger partial charge in [-0.25, -0.2) is 0 Å². The summed E-state index contributed by atoms with van der Waals surface area (Å²) in [6.07, 6.45) is 0.763. The van der Waals surface area contributed by atoms with Crippen molar-refractivity contribution >= 4 is 21.6 Å². The molecule has 1 saturated heterocycles. The van der Waals surface area contributed by atoms with Gasteiger partial charge in [-0.15, -0.1) is 0 Å². The van der Waals surface area contributed by atoms with Gasteiger partial charge in [-0.05, 0) is 34.1 Å². The average molecular weight is 447 g/mol. The van der Waals surface area contributed by atoms with Gasteiger partial charge in [0, 0.05) is 61.7 Å². The molecule has 0 amide bonds. The van der Waals surface area contributed by atoms with Crippen molar-refractivity contribution in [1.82, 2.24) is 4.90 Å². The summed E-state index contributed by atoms with van der Waals surface area (Å²) in [6, 6.07) is 12.2. The molecule has 1 heterocycles. The Morgan fingerprint density at radius 1 is 0.929 bits per heavy atom. The number of anilines is 1. The first-order chi connectivity index (χ1) is 13.5. The van der Waals surface area contributed by atoms with Gasteiger partial charge in [-0.2, -0.15) is 0 Å². The Balaban J connectivity index is 1.61. The van der Waals surface area contributed by atoms with E-state index in [9.17, 15) is 0 Å². The van der Waals surface area contributed by atoms with Crippen molar-refractivity contribution in [3.05, 3.63) is 58.7 Å². The Morgan fingerprint density at radius 2 is 1.64 bits per heavy atom. The molecule has 0 radical (unpaired) electrons. The molecule has 0 aromatic heterocycles. The van der Waals surface area contributed by atoms with Crippen molar-refractivity contribution in [1.29, 1.82) is 0 Å². The van der Waals surface area contributed by atoms with E-state index in [4.69, 9.17) is 14.2 Å². The molecular weight excluding hydrogens is 420 g/mol. The molecule has 28 heavy (non-hydrogen) atoms. The fraction of sp³-hybridized carbons (Fsp3) is 0.364. The second-order valence-electron chi connectivity index (χ2n) is 6.71. The third-order valence-electron chi connectivity index (χ3n) is 5.12. The molecule has 2 aromatic carbocycles. The van der Waals surface area contributed by atoms with E-state index in [0.29, 0.717) is 0 Å². The zero-order valence-electron chi connectivity index (χ0n) is 16.7. The monoisotopic (exact) mass is 446 g/mol. The van der Waals surface area contributed by atoms with Gasteiger partial charge in [0.05, 0.1) is 25.8 Å². The third-order valence-corrected chi connectivity index (χ3v) is 5.77. The lowest BCUT2D eigenvalue weighted by Crippen LogP contribution is -2.46. The predicted octanol–water partition coefficient (Wildman–Crippen LogP) is 4.35. The predicted molar refractivity (Wildman–Crippen MR) is 117 cm³/mol. The van der Waals surface area contributed by atoms with Crippen molar-refractivity contribution in [3.63, 3.8) is 0 Å². The van der Waals surface area contributed by atoms with E-state index in [2.05, 4.69) is 44.4 Å². The summed E-state index contributed by atoms with van der Waals surface area (Å²) < 4.78 is 17.2. The zero-order valence-corrected chi connectivity index (χ0v) is 18.3. The van der Waals surface area contributed by atoms with Crippen molar-refractivity contribution in [2.75, 3.05) is 52.4 Å². The molecule has 0 N–H and O–H groups in total. The van der Waals surface area contributed by atoms with Crippen molar-refractivity contribution in [3.8, 4) is 17.2 Å². The molecule has 5 nitrogen and oxygen atoms in total. The molecule has 1 aliphatic rings. The molecule has 150 valence electrons. The standard InChI is InChI=1S/C22H27BrN2O3/c1-16(13-17-5-7-19(26-2)15-21(17)27-3)24-9-11-25(12-10-24)18-6-8-20(23)22(14-18)28-4/h5-8,14-15H,1,9-13H2,2-4H3. The molecule has 0 atom stereocenters. The fourth-order valence-corrected chi connectivity index (χ4v) is 3.86. The number of halogens is 1. The minimum absolute atomic E-state index is 0.763. The Morgan fingerprint density at radius 3 is 2.29 bits per heavy atom. The van der Waals surface area contributed by atoms with E-state index in [-0.39, 0.29) is 0 Å². The highest BCUT2D eigenvalue weighted by Gasteiger charge is 2.20. The fourth-order valence-electron chi connectivity index (χ4n) is 3.46. The average Bonchev–Trinajstić information content (AvgIpc) is 2.74. The van der Waals surface area contributed by atoms with Crippen LogP contribution >= 0.6 is 15.9 Å². The van der Waals surface area contributed by atoms with E-state index in [1.165, 1.54) is 5.69 Å². The summed E-state index contributed by atoms with van der Waals surface area (Å²) in [7, 11) is 5.04. The second kappa shape index (κ2) is 9.24. The Kier molecular flexibility index (Phi) is 6.73. The number of methoxy groups -OCH3 is 3. The number of rotatable bonds is 7. The number of hydrogen-bond donors (Lipinski definition) is 0. The Bertz CT molecular complexity index is 833. The maximum absolute atomic E-state index is 5.52. The first-order valence-electron chi connectivity index (χ1n) is 9.27. The largest absolute Gasteiger partial charge is 0.497 e. The highest BCUT2D eigenvalue weighted by Crippen LogP contribution is 2.31. The number of allylic oxidation sites excluding steroid dienone is 1. The lowest BCUT2D eigenvalue weighted by Gasteiger charge is -2.38. The van der Waals surface area contributed by atoms with Gasteiger partial charge in [0.15, 0.2) is 0 Å². The van der Waals surface area contributed by atoms with Gasteiger partial charge in [0.2, 0.25) is 0 Å². The number of ether oxygens (including phenoxy) is 3. The van der Waals surface area contributed by atoms with Crippen LogP contribution in [0.2, 0.25) is 0 Å². The summed E-state index contributed by atoms with van der Waals surface area (Å²) >= 11 is 3.51. The highest BCUT2D eigenvalue weighted by atomic mass is 79.9. The molecule has 0 spiro atoms. The summed E-state index contributed by atoms with van der Waals surface area (Å²) in [4.78, 5) is 4.74. The van der Waals surface area contributed by atoms with E-state index >= 15 is 0 Å². The summed E-state index contributed by atoms with van der Waals surface area (Å²) in [6.45, 7) is 8.10. The minimum atomic E-state index is 0.763. The second-order valence-corrected chi connectivity index (χ2v) is 7.57. The maximum Gasteiger partial charge on any atom is 0.135 e. The summed E-state index contributed by atoms with van der Waals surface area (Å²) in [5, 5.41) is 0. The zero-order chi connectivity index (χ0) is 20.1. The Labute approximate surface area is 175 Å². The molecule has 0 saturated carbocycles. The minimum Gasteiger partial charge on any atom is -0.497 e. The molecular formula is C22H27BrN2O3. The third kappa shape index (κ3) is 4.55. The topological polar surface area (TPSA) is 34.2 Å². The van der Waals surface area contributed by atoms with Crippen LogP contribution in [0.25, 0.3) is 0 Å². The van der Waals surface area contributed by atoms with Crippen molar-refractivity contribution < 1.29 is 14.2 Å². The molecule has 2 aromatic rings. The van der Waals surface area contributed by atoms with Crippen LogP contribution in [-0.2, 0) is 6.42 Å². The first-order valence-corrected chi connectivity index (χ1v) is 10.1. The number of piperazine rings is 1. The van der Waals surface area contributed by atoms with E-state index < -0.39 is 0 Å². The van der Waals surface area contributed by atoms with Gasteiger partial charge in [0.1, 0.15) is 17.2 Å². The van der Waals surface area contributed by atoms with Crippen LogP contribution in [0, 0.1) is 0 Å². The van der Waals surface area contributed by atoms with E-state index in [1.54, 1.807) is 21.3 Å². The summed E-state index contributed by atoms with van der Waals surface area (Å²) in [5.41, 5.74) is 3.41. The van der Waals surface area contributed by atoms with Gasteiger partial charge >= 0.3 is 0 Å². The van der Waals surface area contributed by atoms with Crippen LogP contribution in [0.3, 0.4) is 0 Å². The van der Waals surface area contributed by atoms with Crippen LogP contribution in [0.5, 0.6) is 17.2 Å². The van der Waals surface area contributed by atoms with Crippen LogP contribution in [0.15, 0.2) is 53.1 Å². The molecule has 3 rings (SSSR count). The number of benzene rings is 2. The van der Waals surface area contributed by atoms with Gasteiger partial charge < -0.3 is 24.0 Å². The lowest BCUT2D eigenvalue weighted by molar-refractivity contribution is 0.315. The van der Waals surface area contributed by atoms with Crippen LogP contribution in [0.1, 0.15) is 5.56 Å². The normalized spacial score (nSPS) is 14.0.